The zero-order chi connectivity index (χ0) is 13.3. The first-order valence-electron chi connectivity index (χ1n) is 5.99. The van der Waals surface area contributed by atoms with Gasteiger partial charge < -0.3 is 10.6 Å². The van der Waals surface area contributed by atoms with Crippen molar-refractivity contribution in [3.63, 3.8) is 0 Å². The third-order valence-corrected chi connectivity index (χ3v) is 3.46. The van der Waals surface area contributed by atoms with Gasteiger partial charge in [0.05, 0.1) is 5.56 Å². The van der Waals surface area contributed by atoms with E-state index >= 15 is 0 Å². The van der Waals surface area contributed by atoms with Gasteiger partial charge in [-0.1, -0.05) is 6.92 Å². The van der Waals surface area contributed by atoms with Crippen LogP contribution in [-0.2, 0) is 0 Å². The molecule has 1 aromatic rings. The molecule has 2 unspecified atom stereocenters. The molecular formula is C13H16F2N2O. The van der Waals surface area contributed by atoms with E-state index in [4.69, 9.17) is 5.73 Å². The van der Waals surface area contributed by atoms with Crippen LogP contribution >= 0.6 is 0 Å². The molecule has 18 heavy (non-hydrogen) atoms. The Hall–Kier alpha value is -1.49. The molecule has 1 heterocycles. The van der Waals surface area contributed by atoms with E-state index in [-0.39, 0.29) is 11.6 Å². The highest BCUT2D eigenvalue weighted by atomic mass is 19.1. The Morgan fingerprint density at radius 1 is 1.44 bits per heavy atom. The van der Waals surface area contributed by atoms with E-state index in [9.17, 15) is 13.6 Å². The fourth-order valence-corrected chi connectivity index (χ4v) is 2.12. The third-order valence-electron chi connectivity index (χ3n) is 3.46. The van der Waals surface area contributed by atoms with Gasteiger partial charge in [0, 0.05) is 19.1 Å². The van der Waals surface area contributed by atoms with E-state index in [0.29, 0.717) is 19.0 Å². The summed E-state index contributed by atoms with van der Waals surface area (Å²) in [7, 11) is 0. The molecule has 0 radical (unpaired) electrons. The number of benzene rings is 1. The largest absolute Gasteiger partial charge is 0.337 e. The maximum absolute atomic E-state index is 13.5. The predicted molar refractivity (Wildman–Crippen MR) is 64.0 cm³/mol. The number of hydrogen-bond acceptors (Lipinski definition) is 2. The molecule has 1 amide bonds. The van der Waals surface area contributed by atoms with Crippen molar-refractivity contribution in [2.45, 2.75) is 19.4 Å². The molecule has 1 fully saturated rings. The fourth-order valence-electron chi connectivity index (χ4n) is 2.12. The van der Waals surface area contributed by atoms with Crippen molar-refractivity contribution in [2.75, 3.05) is 13.1 Å². The fraction of sp³-hybridized carbons (Fsp3) is 0.462. The number of rotatable bonds is 1. The minimum atomic E-state index is -0.700. The summed E-state index contributed by atoms with van der Waals surface area (Å²) >= 11 is 0. The number of piperidine rings is 1. The molecule has 1 aromatic carbocycles. The minimum absolute atomic E-state index is 0.112. The number of carbonyl (C=O) groups is 1. The Kier molecular flexibility index (Phi) is 3.61. The molecule has 2 N–H and O–H groups in total. The lowest BCUT2D eigenvalue weighted by molar-refractivity contribution is 0.0667. The van der Waals surface area contributed by atoms with Crippen LogP contribution in [0, 0.1) is 17.6 Å². The molecule has 1 saturated heterocycles. The first-order valence-corrected chi connectivity index (χ1v) is 5.99. The van der Waals surface area contributed by atoms with Crippen molar-refractivity contribution in [3.05, 3.63) is 35.4 Å². The van der Waals surface area contributed by atoms with E-state index in [1.54, 1.807) is 0 Å². The molecule has 0 saturated carbocycles. The van der Waals surface area contributed by atoms with Crippen molar-refractivity contribution in [1.82, 2.24) is 4.90 Å². The van der Waals surface area contributed by atoms with Crippen molar-refractivity contribution >= 4 is 5.91 Å². The standard InChI is InChI=1S/C13H16F2N2O/c1-8-4-5-17(7-12(8)16)13(18)10-6-9(14)2-3-11(10)15/h2-3,6,8,12H,4-5,7,16H2,1H3. The highest BCUT2D eigenvalue weighted by molar-refractivity contribution is 5.94. The Bertz CT molecular complexity index is 464. The molecule has 1 aliphatic heterocycles. The van der Waals surface area contributed by atoms with Gasteiger partial charge in [0.25, 0.3) is 5.91 Å². The van der Waals surface area contributed by atoms with Crippen LogP contribution in [0.1, 0.15) is 23.7 Å². The van der Waals surface area contributed by atoms with Gasteiger partial charge >= 0.3 is 0 Å². The van der Waals surface area contributed by atoms with Crippen molar-refractivity contribution in [2.24, 2.45) is 11.7 Å². The first kappa shape index (κ1) is 13.0. The van der Waals surface area contributed by atoms with Crippen molar-refractivity contribution in [3.8, 4) is 0 Å². The topological polar surface area (TPSA) is 46.3 Å². The zero-order valence-corrected chi connectivity index (χ0v) is 10.2. The average Bonchev–Trinajstić information content (AvgIpc) is 2.35. The van der Waals surface area contributed by atoms with Crippen molar-refractivity contribution in [1.29, 1.82) is 0 Å². The molecule has 1 aliphatic rings. The summed E-state index contributed by atoms with van der Waals surface area (Å²) in [5, 5.41) is 0. The number of nitrogens with zero attached hydrogens (tertiary/aromatic N) is 1. The zero-order valence-electron chi connectivity index (χ0n) is 10.2. The van der Waals surface area contributed by atoms with Gasteiger partial charge in [0.2, 0.25) is 0 Å². The van der Waals surface area contributed by atoms with Crippen LogP contribution in [0.5, 0.6) is 0 Å². The average molecular weight is 254 g/mol. The summed E-state index contributed by atoms with van der Waals surface area (Å²) in [5.41, 5.74) is 5.67. The van der Waals surface area contributed by atoms with Gasteiger partial charge in [-0.15, -0.1) is 0 Å². The van der Waals surface area contributed by atoms with Crippen LogP contribution in [0.3, 0.4) is 0 Å². The molecule has 0 aromatic heterocycles. The van der Waals surface area contributed by atoms with Crippen LogP contribution in [0.2, 0.25) is 0 Å². The summed E-state index contributed by atoms with van der Waals surface area (Å²) in [6.07, 6.45) is 0.782. The van der Waals surface area contributed by atoms with Crippen LogP contribution in [-0.4, -0.2) is 29.9 Å². The molecule has 98 valence electrons. The van der Waals surface area contributed by atoms with Gasteiger partial charge in [-0.05, 0) is 30.5 Å². The summed E-state index contributed by atoms with van der Waals surface area (Å²) in [4.78, 5) is 13.6. The number of hydrogen-bond donors (Lipinski definition) is 1. The number of carbonyl (C=O) groups excluding carboxylic acids is 1. The normalized spacial score (nSPS) is 24.1. The minimum Gasteiger partial charge on any atom is -0.337 e. The third kappa shape index (κ3) is 2.51. The highest BCUT2D eigenvalue weighted by Gasteiger charge is 2.28. The maximum atomic E-state index is 13.5. The van der Waals surface area contributed by atoms with Crippen LogP contribution < -0.4 is 5.73 Å². The van der Waals surface area contributed by atoms with E-state index in [0.717, 1.165) is 24.6 Å². The van der Waals surface area contributed by atoms with Crippen LogP contribution in [0.15, 0.2) is 18.2 Å². The molecule has 0 aliphatic carbocycles. The molecule has 2 atom stereocenters. The second-order valence-corrected chi connectivity index (χ2v) is 4.81. The second kappa shape index (κ2) is 5.02. The lowest BCUT2D eigenvalue weighted by Crippen LogP contribution is -2.49. The SMILES string of the molecule is CC1CCN(C(=O)c2cc(F)ccc2F)CC1N. The molecule has 5 heteroatoms. The molecule has 2 rings (SSSR count). The monoisotopic (exact) mass is 254 g/mol. The lowest BCUT2D eigenvalue weighted by atomic mass is 9.94. The van der Waals surface area contributed by atoms with Gasteiger partial charge in [-0.2, -0.15) is 0 Å². The van der Waals surface area contributed by atoms with Gasteiger partial charge in [0.15, 0.2) is 0 Å². The lowest BCUT2D eigenvalue weighted by Gasteiger charge is -2.35. The second-order valence-electron chi connectivity index (χ2n) is 4.81. The summed E-state index contributed by atoms with van der Waals surface area (Å²) in [6, 6.07) is 2.78. The Balaban J connectivity index is 2.19. The van der Waals surface area contributed by atoms with E-state index in [1.807, 2.05) is 6.92 Å². The number of likely N-dealkylation sites (tertiary alicyclic amines) is 1. The van der Waals surface area contributed by atoms with E-state index in [1.165, 1.54) is 4.90 Å². The van der Waals surface area contributed by atoms with Gasteiger partial charge in [-0.25, -0.2) is 8.78 Å². The summed E-state index contributed by atoms with van der Waals surface area (Å²) < 4.78 is 26.6. The number of nitrogens with two attached hydrogens (primary N) is 1. The van der Waals surface area contributed by atoms with Crippen molar-refractivity contribution < 1.29 is 13.6 Å². The summed E-state index contributed by atoms with van der Waals surface area (Å²) in [6.45, 7) is 2.94. The highest BCUT2D eigenvalue weighted by Crippen LogP contribution is 2.19. The molecule has 3 nitrogen and oxygen atoms in total. The Morgan fingerprint density at radius 2 is 2.17 bits per heavy atom. The Morgan fingerprint density at radius 3 is 2.83 bits per heavy atom. The molecular weight excluding hydrogens is 238 g/mol. The summed E-state index contributed by atoms with van der Waals surface area (Å²) in [5.74, 6) is -1.47. The molecule has 0 bridgehead atoms. The van der Waals surface area contributed by atoms with Crippen LogP contribution in [0.4, 0.5) is 8.78 Å². The van der Waals surface area contributed by atoms with E-state index in [2.05, 4.69) is 0 Å². The van der Waals surface area contributed by atoms with E-state index < -0.39 is 17.5 Å². The smallest absolute Gasteiger partial charge is 0.256 e. The quantitative estimate of drug-likeness (QED) is 0.830. The maximum Gasteiger partial charge on any atom is 0.256 e. The molecule has 0 spiro atoms. The number of halogens is 2. The van der Waals surface area contributed by atoms with Gasteiger partial charge in [0.1, 0.15) is 11.6 Å². The predicted octanol–water partition coefficient (Wildman–Crippen LogP) is 1.77. The number of amides is 1. The first-order chi connectivity index (χ1) is 8.49. The Labute approximate surface area is 105 Å². The van der Waals surface area contributed by atoms with Gasteiger partial charge in [-0.3, -0.25) is 4.79 Å². The van der Waals surface area contributed by atoms with Crippen LogP contribution in [0.25, 0.3) is 0 Å².